The molecular weight excluding hydrogens is 264 g/mol. The van der Waals surface area contributed by atoms with Crippen LogP contribution in [0.3, 0.4) is 0 Å². The normalized spacial score (nSPS) is 16.3. The number of ether oxygens (including phenoxy) is 1. The van der Waals surface area contributed by atoms with Crippen molar-refractivity contribution in [2.75, 3.05) is 46.9 Å². The SMILES string of the molecule is COc1ccc(C#CCCO)c(CN2CCN(C)CC2)c1. The van der Waals surface area contributed by atoms with E-state index in [9.17, 15) is 0 Å². The van der Waals surface area contributed by atoms with E-state index in [0.29, 0.717) is 6.42 Å². The third-order valence-corrected chi connectivity index (χ3v) is 3.76. The molecule has 0 aromatic heterocycles. The van der Waals surface area contributed by atoms with Crippen molar-refractivity contribution in [2.24, 2.45) is 0 Å². The van der Waals surface area contributed by atoms with Crippen LogP contribution < -0.4 is 4.74 Å². The summed E-state index contributed by atoms with van der Waals surface area (Å²) in [6, 6.07) is 6.02. The van der Waals surface area contributed by atoms with Gasteiger partial charge in [0.15, 0.2) is 0 Å². The van der Waals surface area contributed by atoms with Gasteiger partial charge in [-0.25, -0.2) is 0 Å². The fourth-order valence-corrected chi connectivity index (χ4v) is 2.41. The van der Waals surface area contributed by atoms with Crippen LogP contribution in [0, 0.1) is 11.8 Å². The van der Waals surface area contributed by atoms with Crippen LogP contribution >= 0.6 is 0 Å². The first-order valence-electron chi connectivity index (χ1n) is 7.40. The highest BCUT2D eigenvalue weighted by Crippen LogP contribution is 2.19. The molecule has 0 aliphatic carbocycles. The molecule has 0 saturated carbocycles. The summed E-state index contributed by atoms with van der Waals surface area (Å²) >= 11 is 0. The van der Waals surface area contributed by atoms with Gasteiger partial charge in [0.1, 0.15) is 5.75 Å². The Morgan fingerprint density at radius 1 is 1.24 bits per heavy atom. The molecule has 4 nitrogen and oxygen atoms in total. The molecule has 1 aliphatic heterocycles. The first-order chi connectivity index (χ1) is 10.2. The molecule has 1 N–H and O–H groups in total. The fourth-order valence-electron chi connectivity index (χ4n) is 2.41. The standard InChI is InChI=1S/C17H24N2O2/c1-18-8-10-19(11-9-18)14-16-13-17(21-2)7-6-15(16)5-3-4-12-20/h6-7,13,20H,4,8-12,14H2,1-2H3. The first kappa shape index (κ1) is 15.8. The molecule has 114 valence electrons. The Labute approximate surface area is 127 Å². The number of hydrogen-bond donors (Lipinski definition) is 1. The molecule has 0 unspecified atom stereocenters. The third kappa shape index (κ3) is 4.75. The summed E-state index contributed by atoms with van der Waals surface area (Å²) in [4.78, 5) is 4.80. The Balaban J connectivity index is 2.13. The van der Waals surface area contributed by atoms with Crippen molar-refractivity contribution in [2.45, 2.75) is 13.0 Å². The second-order valence-electron chi connectivity index (χ2n) is 5.38. The van der Waals surface area contributed by atoms with E-state index >= 15 is 0 Å². The summed E-state index contributed by atoms with van der Waals surface area (Å²) in [5.74, 6) is 7.03. The van der Waals surface area contributed by atoms with Gasteiger partial charge in [-0.05, 0) is 30.8 Å². The van der Waals surface area contributed by atoms with E-state index in [1.807, 2.05) is 12.1 Å². The van der Waals surface area contributed by atoms with Crippen LogP contribution in [0.25, 0.3) is 0 Å². The minimum atomic E-state index is 0.108. The summed E-state index contributed by atoms with van der Waals surface area (Å²) < 4.78 is 5.33. The Morgan fingerprint density at radius 2 is 2.00 bits per heavy atom. The monoisotopic (exact) mass is 288 g/mol. The Hall–Kier alpha value is -1.54. The van der Waals surface area contributed by atoms with Gasteiger partial charge in [-0.2, -0.15) is 0 Å². The average Bonchev–Trinajstić information content (AvgIpc) is 2.51. The predicted octanol–water partition coefficient (Wildman–Crippen LogP) is 1.18. The minimum absolute atomic E-state index is 0.108. The maximum Gasteiger partial charge on any atom is 0.119 e. The molecule has 0 atom stereocenters. The molecule has 0 bridgehead atoms. The molecule has 0 radical (unpaired) electrons. The Morgan fingerprint density at radius 3 is 2.67 bits per heavy atom. The van der Waals surface area contributed by atoms with Crippen molar-refractivity contribution in [3.8, 4) is 17.6 Å². The summed E-state index contributed by atoms with van der Waals surface area (Å²) in [6.45, 7) is 5.38. The molecule has 1 heterocycles. The summed E-state index contributed by atoms with van der Waals surface area (Å²) in [7, 11) is 3.85. The topological polar surface area (TPSA) is 35.9 Å². The molecule has 1 aromatic rings. The number of rotatable bonds is 4. The highest BCUT2D eigenvalue weighted by Gasteiger charge is 2.15. The molecule has 0 spiro atoms. The smallest absolute Gasteiger partial charge is 0.119 e. The van der Waals surface area contributed by atoms with Crippen LogP contribution in [0.5, 0.6) is 5.75 Å². The molecule has 1 fully saturated rings. The number of nitrogens with zero attached hydrogens (tertiary/aromatic N) is 2. The zero-order valence-corrected chi connectivity index (χ0v) is 12.9. The highest BCUT2D eigenvalue weighted by atomic mass is 16.5. The molecular formula is C17H24N2O2. The van der Waals surface area contributed by atoms with Crippen LogP contribution in [-0.2, 0) is 6.54 Å². The lowest BCUT2D eigenvalue weighted by atomic mass is 10.1. The van der Waals surface area contributed by atoms with Gasteiger partial charge >= 0.3 is 0 Å². The van der Waals surface area contributed by atoms with Crippen LogP contribution in [0.4, 0.5) is 0 Å². The zero-order valence-electron chi connectivity index (χ0n) is 12.9. The number of likely N-dealkylation sites (N-methyl/N-ethyl adjacent to an activating group) is 1. The number of piperazine rings is 1. The minimum Gasteiger partial charge on any atom is -0.497 e. The molecule has 4 heteroatoms. The van der Waals surface area contributed by atoms with Crippen molar-refractivity contribution in [1.29, 1.82) is 0 Å². The van der Waals surface area contributed by atoms with Crippen LogP contribution in [0.15, 0.2) is 18.2 Å². The van der Waals surface area contributed by atoms with Gasteiger partial charge < -0.3 is 14.7 Å². The summed E-state index contributed by atoms with van der Waals surface area (Å²) in [5.41, 5.74) is 2.23. The van der Waals surface area contributed by atoms with E-state index in [1.54, 1.807) is 7.11 Å². The van der Waals surface area contributed by atoms with Crippen molar-refractivity contribution in [3.05, 3.63) is 29.3 Å². The lowest BCUT2D eigenvalue weighted by molar-refractivity contribution is 0.148. The number of benzene rings is 1. The van der Waals surface area contributed by atoms with Gasteiger partial charge in [-0.15, -0.1) is 0 Å². The summed E-state index contributed by atoms with van der Waals surface area (Å²) in [6.07, 6.45) is 0.514. The second-order valence-corrected chi connectivity index (χ2v) is 5.38. The lowest BCUT2D eigenvalue weighted by Crippen LogP contribution is -2.43. The van der Waals surface area contributed by atoms with Gasteiger partial charge in [-0.1, -0.05) is 11.8 Å². The van der Waals surface area contributed by atoms with E-state index in [-0.39, 0.29) is 6.61 Å². The average molecular weight is 288 g/mol. The molecule has 2 rings (SSSR count). The molecule has 0 amide bonds. The van der Waals surface area contributed by atoms with E-state index < -0.39 is 0 Å². The van der Waals surface area contributed by atoms with Crippen molar-refractivity contribution in [1.82, 2.24) is 9.80 Å². The lowest BCUT2D eigenvalue weighted by Gasteiger charge is -2.32. The third-order valence-electron chi connectivity index (χ3n) is 3.76. The molecule has 1 aliphatic rings. The van der Waals surface area contributed by atoms with Gasteiger partial charge in [0, 0.05) is 44.7 Å². The molecule has 1 aromatic carbocycles. The molecule has 21 heavy (non-hydrogen) atoms. The second kappa shape index (κ2) is 8.04. The van der Waals surface area contributed by atoms with Gasteiger partial charge in [0.25, 0.3) is 0 Å². The fraction of sp³-hybridized carbons (Fsp3) is 0.529. The van der Waals surface area contributed by atoms with E-state index in [0.717, 1.165) is 44.0 Å². The number of aliphatic hydroxyl groups is 1. The Bertz CT molecular complexity index is 511. The number of hydrogen-bond acceptors (Lipinski definition) is 4. The van der Waals surface area contributed by atoms with E-state index in [2.05, 4.69) is 34.8 Å². The van der Waals surface area contributed by atoms with E-state index in [4.69, 9.17) is 9.84 Å². The van der Waals surface area contributed by atoms with E-state index in [1.165, 1.54) is 5.56 Å². The summed E-state index contributed by atoms with van der Waals surface area (Å²) in [5, 5.41) is 8.85. The predicted molar refractivity (Wildman–Crippen MR) is 84.3 cm³/mol. The van der Waals surface area contributed by atoms with Crippen LogP contribution in [0.2, 0.25) is 0 Å². The van der Waals surface area contributed by atoms with Gasteiger partial charge in [-0.3, -0.25) is 4.90 Å². The van der Waals surface area contributed by atoms with Crippen LogP contribution in [-0.4, -0.2) is 61.8 Å². The first-order valence-corrected chi connectivity index (χ1v) is 7.40. The largest absolute Gasteiger partial charge is 0.497 e. The highest BCUT2D eigenvalue weighted by molar-refractivity contribution is 5.45. The maximum atomic E-state index is 8.85. The van der Waals surface area contributed by atoms with Crippen molar-refractivity contribution in [3.63, 3.8) is 0 Å². The number of aliphatic hydroxyl groups excluding tert-OH is 1. The van der Waals surface area contributed by atoms with Gasteiger partial charge in [0.05, 0.1) is 13.7 Å². The molecule has 1 saturated heterocycles. The zero-order chi connectivity index (χ0) is 15.1. The van der Waals surface area contributed by atoms with Crippen molar-refractivity contribution >= 4 is 0 Å². The number of methoxy groups -OCH3 is 1. The quantitative estimate of drug-likeness (QED) is 0.844. The van der Waals surface area contributed by atoms with Crippen molar-refractivity contribution < 1.29 is 9.84 Å². The van der Waals surface area contributed by atoms with Gasteiger partial charge in [0.2, 0.25) is 0 Å². The maximum absolute atomic E-state index is 8.85. The Kier molecular flexibility index (Phi) is 6.06. The van der Waals surface area contributed by atoms with Crippen LogP contribution in [0.1, 0.15) is 17.5 Å².